The molecule has 6 nitrogen and oxygen atoms in total. The van der Waals surface area contributed by atoms with Crippen LogP contribution in [0.3, 0.4) is 0 Å². The van der Waals surface area contributed by atoms with Crippen LogP contribution in [-0.2, 0) is 7.05 Å². The largest absolute Gasteiger partial charge is 0.347 e. The van der Waals surface area contributed by atoms with Gasteiger partial charge in [0, 0.05) is 38.2 Å². The molecule has 1 aliphatic carbocycles. The summed E-state index contributed by atoms with van der Waals surface area (Å²) in [6, 6.07) is 3.79. The average Bonchev–Trinajstić information content (AvgIpc) is 3.12. The van der Waals surface area contributed by atoms with Crippen LogP contribution in [-0.4, -0.2) is 43.6 Å². The summed E-state index contributed by atoms with van der Waals surface area (Å²) in [5.41, 5.74) is 0.758. The molecule has 1 aliphatic heterocycles. The predicted octanol–water partition coefficient (Wildman–Crippen LogP) is 2.04. The monoisotopic (exact) mass is 299 g/mol. The van der Waals surface area contributed by atoms with Crippen LogP contribution in [0.5, 0.6) is 0 Å². The standard InChI is InChI=1S/C16H21N5O/c1-20-8-2-3-13(20)16(22)21-9-6-12(7-10-21)15-17-14(18-19-15)11-4-5-11/h2-3,8,11-12H,4-7,9-10H2,1H3,(H,17,18,19). The fourth-order valence-corrected chi connectivity index (χ4v) is 3.20. The number of nitrogens with zero attached hydrogens (tertiary/aromatic N) is 4. The highest BCUT2D eigenvalue weighted by Crippen LogP contribution is 2.38. The first-order chi connectivity index (χ1) is 10.7. The van der Waals surface area contributed by atoms with Gasteiger partial charge in [-0.1, -0.05) is 0 Å². The van der Waals surface area contributed by atoms with E-state index in [0.717, 1.165) is 43.3 Å². The van der Waals surface area contributed by atoms with Crippen LogP contribution in [0, 0.1) is 0 Å². The number of piperidine rings is 1. The number of aryl methyl sites for hydroxylation is 1. The zero-order valence-corrected chi connectivity index (χ0v) is 12.8. The van der Waals surface area contributed by atoms with Gasteiger partial charge in [-0.15, -0.1) is 0 Å². The van der Waals surface area contributed by atoms with E-state index in [0.29, 0.717) is 11.8 Å². The number of aromatic nitrogens is 4. The van der Waals surface area contributed by atoms with Gasteiger partial charge in [0.15, 0.2) is 5.82 Å². The van der Waals surface area contributed by atoms with Crippen molar-refractivity contribution < 1.29 is 4.79 Å². The van der Waals surface area contributed by atoms with Crippen LogP contribution in [0.15, 0.2) is 18.3 Å². The summed E-state index contributed by atoms with van der Waals surface area (Å²) in [5.74, 6) is 3.11. The van der Waals surface area contributed by atoms with Crippen LogP contribution < -0.4 is 0 Å². The Morgan fingerprint density at radius 1 is 1.23 bits per heavy atom. The Kier molecular flexibility index (Phi) is 3.24. The highest BCUT2D eigenvalue weighted by atomic mass is 16.2. The van der Waals surface area contributed by atoms with Gasteiger partial charge in [-0.3, -0.25) is 9.89 Å². The number of hydrogen-bond acceptors (Lipinski definition) is 3. The van der Waals surface area contributed by atoms with E-state index in [2.05, 4.69) is 15.2 Å². The van der Waals surface area contributed by atoms with Gasteiger partial charge in [0.1, 0.15) is 11.5 Å². The van der Waals surface area contributed by atoms with E-state index < -0.39 is 0 Å². The van der Waals surface area contributed by atoms with E-state index >= 15 is 0 Å². The van der Waals surface area contributed by atoms with Gasteiger partial charge in [0.25, 0.3) is 5.91 Å². The Balaban J connectivity index is 1.39. The smallest absolute Gasteiger partial charge is 0.270 e. The molecule has 2 aromatic heterocycles. The number of rotatable bonds is 3. The lowest BCUT2D eigenvalue weighted by atomic mass is 9.96. The first kappa shape index (κ1) is 13.5. The molecule has 1 amide bonds. The van der Waals surface area contributed by atoms with Crippen molar-refractivity contribution in [3.63, 3.8) is 0 Å². The quantitative estimate of drug-likeness (QED) is 0.943. The maximum atomic E-state index is 12.5. The number of hydrogen-bond donors (Lipinski definition) is 1. The normalized spacial score (nSPS) is 19.6. The second-order valence-electron chi connectivity index (χ2n) is 6.42. The number of amides is 1. The van der Waals surface area contributed by atoms with E-state index in [-0.39, 0.29) is 5.91 Å². The molecule has 0 atom stereocenters. The summed E-state index contributed by atoms with van der Waals surface area (Å²) in [5, 5.41) is 7.45. The number of H-pyrrole nitrogens is 1. The molecule has 1 saturated carbocycles. The highest BCUT2D eigenvalue weighted by Gasteiger charge is 2.31. The lowest BCUT2D eigenvalue weighted by Crippen LogP contribution is -2.38. The Morgan fingerprint density at radius 3 is 2.64 bits per heavy atom. The van der Waals surface area contributed by atoms with E-state index in [9.17, 15) is 4.79 Å². The lowest BCUT2D eigenvalue weighted by molar-refractivity contribution is 0.0701. The minimum absolute atomic E-state index is 0.127. The molecule has 0 spiro atoms. The van der Waals surface area contributed by atoms with E-state index in [1.165, 1.54) is 12.8 Å². The number of aromatic amines is 1. The van der Waals surface area contributed by atoms with Crippen molar-refractivity contribution in [3.8, 4) is 0 Å². The predicted molar refractivity (Wildman–Crippen MR) is 81.6 cm³/mol. The number of carbonyl (C=O) groups excluding carboxylic acids is 1. The number of nitrogens with one attached hydrogen (secondary N) is 1. The molecule has 4 rings (SSSR count). The molecule has 0 unspecified atom stereocenters. The van der Waals surface area contributed by atoms with Crippen molar-refractivity contribution >= 4 is 5.91 Å². The van der Waals surface area contributed by atoms with Gasteiger partial charge in [-0.2, -0.15) is 5.10 Å². The van der Waals surface area contributed by atoms with E-state index in [1.54, 1.807) is 0 Å². The molecule has 2 aliphatic rings. The molecule has 6 heteroatoms. The molecule has 3 heterocycles. The van der Waals surface area contributed by atoms with Gasteiger partial charge >= 0.3 is 0 Å². The van der Waals surface area contributed by atoms with E-state index in [1.807, 2.05) is 34.8 Å². The summed E-state index contributed by atoms with van der Waals surface area (Å²) in [6.45, 7) is 1.57. The molecule has 1 saturated heterocycles. The molecule has 2 aromatic rings. The first-order valence-corrected chi connectivity index (χ1v) is 8.05. The topological polar surface area (TPSA) is 66.8 Å². The average molecular weight is 299 g/mol. The van der Waals surface area contributed by atoms with Crippen molar-refractivity contribution in [3.05, 3.63) is 35.7 Å². The van der Waals surface area contributed by atoms with Gasteiger partial charge in [0.05, 0.1) is 0 Å². The molecule has 1 N–H and O–H groups in total. The Bertz CT molecular complexity index is 676. The van der Waals surface area contributed by atoms with Crippen molar-refractivity contribution in [2.45, 2.75) is 37.5 Å². The molecule has 116 valence electrons. The molecular formula is C16H21N5O. The summed E-state index contributed by atoms with van der Waals surface area (Å²) in [4.78, 5) is 19.1. The Morgan fingerprint density at radius 2 is 2.00 bits per heavy atom. The SMILES string of the molecule is Cn1cccc1C(=O)N1CCC(c2nc(C3CC3)n[nH]2)CC1. The molecule has 0 bridgehead atoms. The van der Waals surface area contributed by atoms with Crippen LogP contribution >= 0.6 is 0 Å². The van der Waals surface area contributed by atoms with Crippen molar-refractivity contribution in [1.29, 1.82) is 0 Å². The third kappa shape index (κ3) is 2.42. The Hall–Kier alpha value is -2.11. The van der Waals surface area contributed by atoms with Gasteiger partial charge in [-0.25, -0.2) is 4.98 Å². The van der Waals surface area contributed by atoms with Crippen molar-refractivity contribution in [1.82, 2.24) is 24.6 Å². The van der Waals surface area contributed by atoms with Crippen molar-refractivity contribution in [2.75, 3.05) is 13.1 Å². The maximum absolute atomic E-state index is 12.5. The lowest BCUT2D eigenvalue weighted by Gasteiger charge is -2.31. The molecule has 0 aromatic carbocycles. The number of likely N-dealkylation sites (tertiary alicyclic amines) is 1. The molecule has 0 radical (unpaired) electrons. The third-order valence-corrected chi connectivity index (χ3v) is 4.79. The summed E-state index contributed by atoms with van der Waals surface area (Å²) >= 11 is 0. The third-order valence-electron chi connectivity index (χ3n) is 4.79. The van der Waals surface area contributed by atoms with Crippen molar-refractivity contribution in [2.24, 2.45) is 7.05 Å². The van der Waals surface area contributed by atoms with Crippen LogP contribution in [0.4, 0.5) is 0 Å². The zero-order valence-electron chi connectivity index (χ0n) is 12.8. The fourth-order valence-electron chi connectivity index (χ4n) is 3.20. The maximum Gasteiger partial charge on any atom is 0.270 e. The minimum atomic E-state index is 0.127. The highest BCUT2D eigenvalue weighted by molar-refractivity contribution is 5.92. The molecule has 22 heavy (non-hydrogen) atoms. The van der Waals surface area contributed by atoms with Crippen LogP contribution in [0.2, 0.25) is 0 Å². The van der Waals surface area contributed by atoms with E-state index in [4.69, 9.17) is 0 Å². The summed E-state index contributed by atoms with van der Waals surface area (Å²) in [7, 11) is 1.91. The molecule has 2 fully saturated rings. The minimum Gasteiger partial charge on any atom is -0.347 e. The first-order valence-electron chi connectivity index (χ1n) is 8.05. The summed E-state index contributed by atoms with van der Waals surface area (Å²) in [6.07, 6.45) is 6.26. The van der Waals surface area contributed by atoms with Gasteiger partial charge in [-0.05, 0) is 37.8 Å². The molecular weight excluding hydrogens is 278 g/mol. The fraction of sp³-hybridized carbons (Fsp3) is 0.562. The Labute approximate surface area is 129 Å². The second-order valence-corrected chi connectivity index (χ2v) is 6.42. The van der Waals surface area contributed by atoms with Gasteiger partial charge in [0.2, 0.25) is 0 Å². The zero-order chi connectivity index (χ0) is 15.1. The number of carbonyl (C=O) groups is 1. The van der Waals surface area contributed by atoms with Crippen LogP contribution in [0.1, 0.15) is 59.7 Å². The second kappa shape index (κ2) is 5.26. The summed E-state index contributed by atoms with van der Waals surface area (Å²) < 4.78 is 1.88. The van der Waals surface area contributed by atoms with Crippen LogP contribution in [0.25, 0.3) is 0 Å². The van der Waals surface area contributed by atoms with Gasteiger partial charge < -0.3 is 9.47 Å².